The molecule has 14 heavy (non-hydrogen) atoms. The van der Waals surface area contributed by atoms with Crippen LogP contribution in [0.25, 0.3) is 0 Å². The number of hydrogen-bond donors (Lipinski definition) is 2. The SMILES string of the molecule is O=C(O)c1ccccc1NCC1CC1. The van der Waals surface area contributed by atoms with Crippen molar-refractivity contribution in [2.75, 3.05) is 11.9 Å². The minimum absolute atomic E-state index is 0.355. The first-order valence-corrected chi connectivity index (χ1v) is 4.83. The lowest BCUT2D eigenvalue weighted by Crippen LogP contribution is -2.08. The maximum Gasteiger partial charge on any atom is 0.337 e. The van der Waals surface area contributed by atoms with E-state index < -0.39 is 5.97 Å². The number of aromatic carboxylic acids is 1. The van der Waals surface area contributed by atoms with E-state index in [-0.39, 0.29) is 0 Å². The molecule has 1 aromatic carbocycles. The lowest BCUT2D eigenvalue weighted by atomic mass is 10.2. The number of carboxylic acid groups (broad SMARTS) is 1. The fraction of sp³-hybridized carbons (Fsp3) is 0.364. The van der Waals surface area contributed by atoms with Crippen LogP contribution in [0.2, 0.25) is 0 Å². The van der Waals surface area contributed by atoms with Gasteiger partial charge in [-0.2, -0.15) is 0 Å². The van der Waals surface area contributed by atoms with Crippen LogP contribution in [0.4, 0.5) is 5.69 Å². The van der Waals surface area contributed by atoms with Crippen LogP contribution in [0.5, 0.6) is 0 Å². The van der Waals surface area contributed by atoms with E-state index in [1.807, 2.05) is 12.1 Å². The Hall–Kier alpha value is -1.51. The van der Waals surface area contributed by atoms with Crippen molar-refractivity contribution in [1.29, 1.82) is 0 Å². The van der Waals surface area contributed by atoms with Gasteiger partial charge in [-0.3, -0.25) is 0 Å². The summed E-state index contributed by atoms with van der Waals surface area (Å²) in [6, 6.07) is 7.02. The van der Waals surface area contributed by atoms with Gasteiger partial charge in [0, 0.05) is 12.2 Å². The molecule has 0 unspecified atom stereocenters. The number of rotatable bonds is 4. The van der Waals surface area contributed by atoms with E-state index in [1.54, 1.807) is 12.1 Å². The molecular weight excluding hydrogens is 178 g/mol. The predicted octanol–water partition coefficient (Wildman–Crippen LogP) is 2.21. The van der Waals surface area contributed by atoms with Gasteiger partial charge in [0.15, 0.2) is 0 Å². The molecule has 1 aliphatic carbocycles. The van der Waals surface area contributed by atoms with Crippen LogP contribution in [0.15, 0.2) is 24.3 Å². The Labute approximate surface area is 82.8 Å². The van der Waals surface area contributed by atoms with E-state index in [0.29, 0.717) is 5.56 Å². The van der Waals surface area contributed by atoms with Crippen molar-refractivity contribution in [3.63, 3.8) is 0 Å². The third-order valence-corrected chi connectivity index (χ3v) is 2.44. The van der Waals surface area contributed by atoms with Gasteiger partial charge in [-0.1, -0.05) is 12.1 Å². The number of hydrogen-bond acceptors (Lipinski definition) is 2. The molecule has 0 aliphatic heterocycles. The molecule has 0 heterocycles. The van der Waals surface area contributed by atoms with Gasteiger partial charge < -0.3 is 10.4 Å². The summed E-state index contributed by atoms with van der Waals surface area (Å²) in [6.45, 7) is 0.893. The van der Waals surface area contributed by atoms with E-state index in [0.717, 1.165) is 18.2 Å². The first-order chi connectivity index (χ1) is 6.77. The van der Waals surface area contributed by atoms with E-state index in [1.165, 1.54) is 12.8 Å². The quantitative estimate of drug-likeness (QED) is 0.767. The fourth-order valence-electron chi connectivity index (χ4n) is 1.40. The maximum atomic E-state index is 10.8. The van der Waals surface area contributed by atoms with Crippen LogP contribution >= 0.6 is 0 Å². The smallest absolute Gasteiger partial charge is 0.337 e. The van der Waals surface area contributed by atoms with E-state index in [9.17, 15) is 4.79 Å². The highest BCUT2D eigenvalue weighted by molar-refractivity contribution is 5.94. The summed E-state index contributed by atoms with van der Waals surface area (Å²) >= 11 is 0. The van der Waals surface area contributed by atoms with Crippen LogP contribution in [0, 0.1) is 5.92 Å². The van der Waals surface area contributed by atoms with Gasteiger partial charge in [0.1, 0.15) is 0 Å². The first kappa shape index (κ1) is 9.06. The highest BCUT2D eigenvalue weighted by atomic mass is 16.4. The maximum absolute atomic E-state index is 10.8. The Morgan fingerprint density at radius 2 is 2.14 bits per heavy atom. The molecule has 0 saturated heterocycles. The molecule has 0 spiro atoms. The summed E-state index contributed by atoms with van der Waals surface area (Å²) in [5.74, 6) is -0.124. The van der Waals surface area contributed by atoms with Gasteiger partial charge in [-0.15, -0.1) is 0 Å². The van der Waals surface area contributed by atoms with Crippen LogP contribution in [-0.4, -0.2) is 17.6 Å². The molecule has 74 valence electrons. The molecule has 0 aromatic heterocycles. The molecule has 1 aromatic rings. The molecule has 0 bridgehead atoms. The van der Waals surface area contributed by atoms with Crippen molar-refractivity contribution in [3.05, 3.63) is 29.8 Å². The van der Waals surface area contributed by atoms with Crippen molar-refractivity contribution in [3.8, 4) is 0 Å². The topological polar surface area (TPSA) is 49.3 Å². The Morgan fingerprint density at radius 1 is 1.43 bits per heavy atom. The van der Waals surface area contributed by atoms with Crippen LogP contribution < -0.4 is 5.32 Å². The summed E-state index contributed by atoms with van der Waals surface area (Å²) in [5.41, 5.74) is 1.08. The molecule has 1 fully saturated rings. The highest BCUT2D eigenvalue weighted by Gasteiger charge is 2.21. The summed E-state index contributed by atoms with van der Waals surface area (Å²) in [4.78, 5) is 10.8. The Morgan fingerprint density at radius 3 is 2.79 bits per heavy atom. The largest absolute Gasteiger partial charge is 0.478 e. The zero-order chi connectivity index (χ0) is 9.97. The molecule has 2 rings (SSSR count). The normalized spacial score (nSPS) is 15.1. The lowest BCUT2D eigenvalue weighted by molar-refractivity contribution is 0.0698. The second kappa shape index (κ2) is 3.70. The van der Waals surface area contributed by atoms with Crippen LogP contribution in [0.1, 0.15) is 23.2 Å². The number of nitrogens with one attached hydrogen (secondary N) is 1. The number of carboxylic acids is 1. The summed E-state index contributed by atoms with van der Waals surface area (Å²) in [6.07, 6.45) is 2.53. The standard InChI is InChI=1S/C11H13NO2/c13-11(14)9-3-1-2-4-10(9)12-7-8-5-6-8/h1-4,8,12H,5-7H2,(H,13,14). The fourth-order valence-corrected chi connectivity index (χ4v) is 1.40. The molecule has 1 saturated carbocycles. The highest BCUT2D eigenvalue weighted by Crippen LogP contribution is 2.29. The van der Waals surface area contributed by atoms with Gasteiger partial charge in [0.25, 0.3) is 0 Å². The van der Waals surface area contributed by atoms with Gasteiger partial charge in [0.05, 0.1) is 5.56 Å². The van der Waals surface area contributed by atoms with Crippen molar-refractivity contribution < 1.29 is 9.90 Å². The van der Waals surface area contributed by atoms with Crippen molar-refractivity contribution in [1.82, 2.24) is 0 Å². The predicted molar refractivity (Wildman–Crippen MR) is 54.6 cm³/mol. The third-order valence-electron chi connectivity index (χ3n) is 2.44. The molecular formula is C11H13NO2. The van der Waals surface area contributed by atoms with Gasteiger partial charge >= 0.3 is 5.97 Å². The second-order valence-corrected chi connectivity index (χ2v) is 3.68. The molecule has 3 nitrogen and oxygen atoms in total. The van der Waals surface area contributed by atoms with E-state index in [4.69, 9.17) is 5.11 Å². The zero-order valence-electron chi connectivity index (χ0n) is 7.86. The van der Waals surface area contributed by atoms with Crippen molar-refractivity contribution >= 4 is 11.7 Å². The molecule has 2 N–H and O–H groups in total. The van der Waals surface area contributed by atoms with Gasteiger partial charge in [0.2, 0.25) is 0 Å². The Kier molecular flexibility index (Phi) is 2.39. The van der Waals surface area contributed by atoms with Gasteiger partial charge in [-0.25, -0.2) is 4.79 Å². The number of benzene rings is 1. The lowest BCUT2D eigenvalue weighted by Gasteiger charge is -2.07. The minimum Gasteiger partial charge on any atom is -0.478 e. The first-order valence-electron chi connectivity index (χ1n) is 4.83. The Balaban J connectivity index is 2.09. The van der Waals surface area contributed by atoms with Crippen LogP contribution in [0.3, 0.4) is 0 Å². The summed E-state index contributed by atoms with van der Waals surface area (Å²) < 4.78 is 0. The second-order valence-electron chi connectivity index (χ2n) is 3.68. The summed E-state index contributed by atoms with van der Waals surface area (Å²) in [5, 5.41) is 12.1. The molecule has 1 aliphatic rings. The average Bonchev–Trinajstić information content (AvgIpc) is 2.98. The zero-order valence-corrected chi connectivity index (χ0v) is 7.86. The Bertz CT molecular complexity index is 345. The molecule has 0 radical (unpaired) electrons. The third kappa shape index (κ3) is 2.05. The minimum atomic E-state index is -0.871. The van der Waals surface area contributed by atoms with Crippen LogP contribution in [-0.2, 0) is 0 Å². The average molecular weight is 191 g/mol. The molecule has 0 atom stereocenters. The monoisotopic (exact) mass is 191 g/mol. The number of anilines is 1. The van der Waals surface area contributed by atoms with Crippen molar-refractivity contribution in [2.24, 2.45) is 5.92 Å². The molecule has 3 heteroatoms. The summed E-state index contributed by atoms with van der Waals surface area (Å²) in [7, 11) is 0. The van der Waals surface area contributed by atoms with Gasteiger partial charge in [-0.05, 0) is 30.9 Å². The van der Waals surface area contributed by atoms with E-state index in [2.05, 4.69) is 5.32 Å². The number of para-hydroxylation sites is 1. The molecule has 0 amide bonds. The van der Waals surface area contributed by atoms with Crippen molar-refractivity contribution in [2.45, 2.75) is 12.8 Å². The number of carbonyl (C=O) groups is 1. The van der Waals surface area contributed by atoms with E-state index >= 15 is 0 Å².